The molecule has 0 unspecified atom stereocenters. The van der Waals surface area contributed by atoms with E-state index in [9.17, 15) is 19.8 Å². The number of furan rings is 1. The molecule has 3 aromatic carbocycles. The third kappa shape index (κ3) is 6.71. The number of carbonyl (C=O) groups excluding carboxylic acids is 2. The molecule has 252 valence electrons. The van der Waals surface area contributed by atoms with E-state index in [1.54, 1.807) is 24.0 Å². The molecule has 0 aliphatic heterocycles. The van der Waals surface area contributed by atoms with Gasteiger partial charge in [0.05, 0.1) is 31.1 Å². The summed E-state index contributed by atoms with van der Waals surface area (Å²) in [6.45, 7) is 6.63. The summed E-state index contributed by atoms with van der Waals surface area (Å²) in [7, 11) is 0. The van der Waals surface area contributed by atoms with Crippen LogP contribution in [0.1, 0.15) is 98.0 Å². The Balaban J connectivity index is 1.42. The number of nitrogens with zero attached hydrogens (tertiary/aromatic N) is 1. The lowest BCUT2D eigenvalue weighted by molar-refractivity contribution is -0.0820. The van der Waals surface area contributed by atoms with Crippen LogP contribution in [0.5, 0.6) is 0 Å². The molecule has 1 aromatic heterocycles. The molecule has 2 bridgehead atoms. The third-order valence-corrected chi connectivity index (χ3v) is 10.9. The van der Waals surface area contributed by atoms with Gasteiger partial charge in [-0.15, -0.1) is 0 Å². The van der Waals surface area contributed by atoms with E-state index in [2.05, 4.69) is 38.1 Å². The van der Waals surface area contributed by atoms with Crippen LogP contribution in [0.3, 0.4) is 0 Å². The molecule has 1 fully saturated rings. The first-order valence-electron chi connectivity index (χ1n) is 17.3. The minimum Gasteiger partial charge on any atom is -0.461 e. The van der Waals surface area contributed by atoms with Gasteiger partial charge in [-0.3, -0.25) is 4.79 Å². The second-order valence-corrected chi connectivity index (χ2v) is 13.9. The van der Waals surface area contributed by atoms with Crippen molar-refractivity contribution in [2.45, 2.75) is 89.9 Å². The Kier molecular flexibility index (Phi) is 9.90. The van der Waals surface area contributed by atoms with E-state index >= 15 is 0 Å². The van der Waals surface area contributed by atoms with Crippen LogP contribution >= 0.6 is 0 Å². The van der Waals surface area contributed by atoms with Gasteiger partial charge in [0.2, 0.25) is 5.78 Å². The Morgan fingerprint density at radius 3 is 2.62 bits per heavy atom. The van der Waals surface area contributed by atoms with Crippen LogP contribution in [0.4, 0.5) is 4.79 Å². The summed E-state index contributed by atoms with van der Waals surface area (Å²) in [6, 6.07) is 23.5. The number of ether oxygens (including phenoxy) is 1. The summed E-state index contributed by atoms with van der Waals surface area (Å²) in [5.74, 6) is -0.128. The molecule has 3 aliphatic rings. The van der Waals surface area contributed by atoms with Gasteiger partial charge in [-0.2, -0.15) is 0 Å². The van der Waals surface area contributed by atoms with Gasteiger partial charge in [0.25, 0.3) is 0 Å². The van der Waals surface area contributed by atoms with Gasteiger partial charge in [-0.05, 0) is 110 Å². The van der Waals surface area contributed by atoms with E-state index in [1.165, 1.54) is 11.8 Å². The fraction of sp³-hybridized carbons (Fsp3) is 0.415. The van der Waals surface area contributed by atoms with Crippen molar-refractivity contribution in [2.75, 3.05) is 13.2 Å². The number of fused-ring (bicyclic) bond motifs is 9. The van der Waals surface area contributed by atoms with Crippen molar-refractivity contribution in [1.29, 1.82) is 0 Å². The van der Waals surface area contributed by atoms with E-state index in [1.807, 2.05) is 42.5 Å². The highest BCUT2D eigenvalue weighted by molar-refractivity contribution is 6.08. The van der Waals surface area contributed by atoms with Crippen molar-refractivity contribution in [3.8, 4) is 0 Å². The van der Waals surface area contributed by atoms with E-state index in [-0.39, 0.29) is 30.6 Å². The number of ketones is 1. The third-order valence-electron chi connectivity index (χ3n) is 10.9. The first-order chi connectivity index (χ1) is 23.1. The SMILES string of the molecule is CCOC(=O)N(Cc1cccc2ccccc12)C[C@]1(O)CC[C@H]2c3ccc(cc3C(=O)c3ccco3)C[C@@H](O)CCC(C)=CCC[C@@]21C. The van der Waals surface area contributed by atoms with Crippen molar-refractivity contribution in [3.05, 3.63) is 119 Å². The van der Waals surface area contributed by atoms with Crippen molar-refractivity contribution in [3.63, 3.8) is 0 Å². The van der Waals surface area contributed by atoms with Gasteiger partial charge in [0, 0.05) is 17.5 Å². The monoisotopic (exact) mass is 649 g/mol. The molecule has 1 heterocycles. The fourth-order valence-corrected chi connectivity index (χ4v) is 8.09. The van der Waals surface area contributed by atoms with Gasteiger partial charge in [0.15, 0.2) is 5.76 Å². The van der Waals surface area contributed by atoms with E-state index in [0.29, 0.717) is 44.2 Å². The minimum atomic E-state index is -1.27. The predicted octanol–water partition coefficient (Wildman–Crippen LogP) is 8.36. The second-order valence-electron chi connectivity index (χ2n) is 13.9. The Morgan fingerprint density at radius 1 is 1.02 bits per heavy atom. The number of amides is 1. The largest absolute Gasteiger partial charge is 0.461 e. The van der Waals surface area contributed by atoms with Gasteiger partial charge in [-0.25, -0.2) is 4.79 Å². The molecule has 2 N–H and O–H groups in total. The molecule has 0 saturated heterocycles. The van der Waals surface area contributed by atoms with Gasteiger partial charge in [-0.1, -0.05) is 73.2 Å². The Labute approximate surface area is 283 Å². The molecule has 1 amide bonds. The molecule has 7 heteroatoms. The van der Waals surface area contributed by atoms with Crippen LogP contribution in [0.15, 0.2) is 95.1 Å². The molecule has 1 saturated carbocycles. The number of carbonyl (C=O) groups is 2. The van der Waals surface area contributed by atoms with Crippen LogP contribution in [-0.2, 0) is 17.7 Å². The quantitative estimate of drug-likeness (QED) is 0.154. The Morgan fingerprint density at radius 2 is 1.83 bits per heavy atom. The smallest absolute Gasteiger partial charge is 0.410 e. The second kappa shape index (κ2) is 14.1. The number of rotatable bonds is 7. The first kappa shape index (κ1) is 33.7. The molecule has 7 rings (SSSR count). The highest BCUT2D eigenvalue weighted by Crippen LogP contribution is 2.59. The summed E-state index contributed by atoms with van der Waals surface area (Å²) in [6.07, 6.45) is 7.04. The zero-order chi connectivity index (χ0) is 33.9. The minimum absolute atomic E-state index is 0.0937. The first-order valence-corrected chi connectivity index (χ1v) is 17.3. The van der Waals surface area contributed by atoms with Crippen LogP contribution in [0, 0.1) is 5.41 Å². The van der Waals surface area contributed by atoms with Crippen molar-refractivity contribution in [1.82, 2.24) is 4.90 Å². The number of aliphatic hydroxyl groups is 2. The number of hydrogen-bond donors (Lipinski definition) is 2. The summed E-state index contributed by atoms with van der Waals surface area (Å²) in [5, 5.41) is 25.9. The maximum absolute atomic E-state index is 14.0. The lowest BCUT2D eigenvalue weighted by Crippen LogP contribution is -2.53. The molecule has 3 aliphatic carbocycles. The van der Waals surface area contributed by atoms with Gasteiger partial charge < -0.3 is 24.3 Å². The highest BCUT2D eigenvalue weighted by atomic mass is 16.6. The standard InChI is InChI=1S/C41H47NO6/c1-4-47-39(45)42(26-31-13-7-12-30-11-5-6-14-33(30)31)27-41(46)22-20-36-34-19-17-29(25-35(34)38(44)37-15-9-23-48-37)24-32(43)18-16-28(2)10-8-21-40(36,41)3/h5-7,9-15,17,19,23,25,32,36,43,46H,4,8,16,18,20-22,24,26-27H2,1-3H3/t32-,36-,40-,41+/m0/s1. The van der Waals surface area contributed by atoms with E-state index < -0.39 is 23.2 Å². The Bertz CT molecular complexity index is 1790. The van der Waals surface area contributed by atoms with E-state index in [0.717, 1.165) is 40.3 Å². The molecule has 7 nitrogen and oxygen atoms in total. The zero-order valence-corrected chi connectivity index (χ0v) is 28.3. The molecule has 4 atom stereocenters. The van der Waals surface area contributed by atoms with Gasteiger partial charge in [0.1, 0.15) is 0 Å². The predicted molar refractivity (Wildman–Crippen MR) is 187 cm³/mol. The van der Waals surface area contributed by atoms with Gasteiger partial charge >= 0.3 is 6.09 Å². The molecular formula is C41H47NO6. The van der Waals surface area contributed by atoms with Crippen LogP contribution in [0.25, 0.3) is 10.8 Å². The summed E-state index contributed by atoms with van der Waals surface area (Å²) < 4.78 is 11.1. The maximum atomic E-state index is 14.0. The number of allylic oxidation sites excluding steroid dienone is 2. The molecule has 0 radical (unpaired) electrons. The highest BCUT2D eigenvalue weighted by Gasteiger charge is 2.57. The summed E-state index contributed by atoms with van der Waals surface area (Å²) in [5.41, 5.74) is 2.51. The average Bonchev–Trinajstić information content (AvgIpc) is 3.70. The summed E-state index contributed by atoms with van der Waals surface area (Å²) >= 11 is 0. The summed E-state index contributed by atoms with van der Waals surface area (Å²) in [4.78, 5) is 29.2. The van der Waals surface area contributed by atoms with E-state index in [4.69, 9.17) is 9.15 Å². The van der Waals surface area contributed by atoms with Crippen LogP contribution < -0.4 is 0 Å². The molecule has 48 heavy (non-hydrogen) atoms. The Hall–Kier alpha value is -4.20. The lowest BCUT2D eigenvalue weighted by atomic mass is 9.64. The molecular weight excluding hydrogens is 602 g/mol. The number of benzene rings is 3. The van der Waals surface area contributed by atoms with Crippen molar-refractivity contribution < 1.29 is 29.0 Å². The zero-order valence-electron chi connectivity index (χ0n) is 28.3. The van der Waals surface area contributed by atoms with Crippen molar-refractivity contribution in [2.24, 2.45) is 5.41 Å². The molecule has 4 aromatic rings. The van der Waals surface area contributed by atoms with Crippen molar-refractivity contribution >= 4 is 22.6 Å². The average molecular weight is 650 g/mol. The normalized spacial score (nSPS) is 24.5. The topological polar surface area (TPSA) is 100 Å². The molecule has 0 spiro atoms. The lowest BCUT2D eigenvalue weighted by Gasteiger charge is -2.46. The van der Waals surface area contributed by atoms with Crippen LogP contribution in [0.2, 0.25) is 0 Å². The number of hydrogen-bond acceptors (Lipinski definition) is 6. The fourth-order valence-electron chi connectivity index (χ4n) is 8.09. The van der Waals surface area contributed by atoms with Crippen LogP contribution in [-0.4, -0.2) is 51.8 Å². The number of aliphatic hydroxyl groups excluding tert-OH is 1. The maximum Gasteiger partial charge on any atom is 0.410 e.